The van der Waals surface area contributed by atoms with E-state index >= 15 is 0 Å². The highest BCUT2D eigenvalue weighted by Gasteiger charge is 2.24. The lowest BCUT2D eigenvalue weighted by molar-refractivity contribution is 0.387. The summed E-state index contributed by atoms with van der Waals surface area (Å²) in [5.74, 6) is 0.688. The van der Waals surface area contributed by atoms with Crippen LogP contribution in [0.1, 0.15) is 0 Å². The maximum absolute atomic E-state index is 11.6. The first-order valence-corrected chi connectivity index (χ1v) is 9.94. The lowest BCUT2D eigenvalue weighted by Gasteiger charge is -2.34. The largest absolute Gasteiger partial charge is 0.354 e. The zero-order valence-electron chi connectivity index (χ0n) is 13.0. The number of anilines is 1. The predicted octanol–water partition coefficient (Wildman–Crippen LogP) is 2.53. The number of aromatic nitrogens is 2. The van der Waals surface area contributed by atoms with Gasteiger partial charge in [-0.3, -0.25) is 0 Å². The molecule has 128 valence electrons. The molecule has 3 rings (SSSR count). The van der Waals surface area contributed by atoms with Gasteiger partial charge in [-0.2, -0.15) is 4.31 Å². The average Bonchev–Trinajstić information content (AvgIpc) is 2.54. The number of piperazine rings is 1. The van der Waals surface area contributed by atoms with E-state index in [9.17, 15) is 8.42 Å². The third kappa shape index (κ3) is 3.97. The molecule has 1 aromatic carbocycles. The zero-order chi connectivity index (χ0) is 17.3. The van der Waals surface area contributed by atoms with Gasteiger partial charge in [0, 0.05) is 42.8 Å². The molecule has 0 unspecified atom stereocenters. The number of hydrogen-bond acceptors (Lipinski definition) is 5. The molecule has 9 heteroatoms. The van der Waals surface area contributed by atoms with Gasteiger partial charge in [0.05, 0.1) is 11.9 Å². The Morgan fingerprint density at radius 2 is 1.62 bits per heavy atom. The van der Waals surface area contributed by atoms with E-state index < -0.39 is 10.0 Å². The molecule has 0 bridgehead atoms. The van der Waals surface area contributed by atoms with Gasteiger partial charge in [0.25, 0.3) is 0 Å². The second-order valence-electron chi connectivity index (χ2n) is 5.54. The van der Waals surface area contributed by atoms with Crippen molar-refractivity contribution in [1.29, 1.82) is 0 Å². The minimum atomic E-state index is -3.16. The summed E-state index contributed by atoms with van der Waals surface area (Å²) in [7, 11) is -3.16. The van der Waals surface area contributed by atoms with Crippen LogP contribution in [0.4, 0.5) is 5.82 Å². The van der Waals surface area contributed by atoms with E-state index in [0.717, 1.165) is 5.56 Å². The normalized spacial score (nSPS) is 16.4. The van der Waals surface area contributed by atoms with Gasteiger partial charge in [0.2, 0.25) is 15.3 Å². The first kappa shape index (κ1) is 17.4. The highest BCUT2D eigenvalue weighted by atomic mass is 35.5. The van der Waals surface area contributed by atoms with Gasteiger partial charge in [-0.1, -0.05) is 23.7 Å². The fourth-order valence-electron chi connectivity index (χ4n) is 2.59. The average molecular weight is 387 g/mol. The second-order valence-corrected chi connectivity index (χ2v) is 8.29. The summed E-state index contributed by atoms with van der Waals surface area (Å²) >= 11 is 12.0. The SMILES string of the molecule is CS(=O)(=O)N1CCN(c2cc(-c3ccc(Cl)cc3)nc(Cl)n2)CC1. The third-order valence-electron chi connectivity index (χ3n) is 3.86. The first-order valence-electron chi connectivity index (χ1n) is 7.33. The van der Waals surface area contributed by atoms with Crippen molar-refractivity contribution in [1.82, 2.24) is 14.3 Å². The Bertz CT molecular complexity index is 835. The first-order chi connectivity index (χ1) is 11.3. The molecule has 1 aliphatic rings. The van der Waals surface area contributed by atoms with Gasteiger partial charge < -0.3 is 4.90 Å². The van der Waals surface area contributed by atoms with Gasteiger partial charge >= 0.3 is 0 Å². The maximum atomic E-state index is 11.6. The quantitative estimate of drug-likeness (QED) is 0.758. The molecule has 1 saturated heterocycles. The molecular formula is C15H16Cl2N4O2S. The van der Waals surface area contributed by atoms with Gasteiger partial charge in [0.1, 0.15) is 5.82 Å². The molecule has 0 N–H and O–H groups in total. The van der Waals surface area contributed by atoms with Crippen molar-refractivity contribution in [3.8, 4) is 11.3 Å². The number of rotatable bonds is 3. The zero-order valence-corrected chi connectivity index (χ0v) is 15.3. The Hall–Kier alpha value is -1.41. The Labute approximate surface area is 151 Å². The molecule has 2 heterocycles. The standard InChI is InChI=1S/C15H16Cl2N4O2S/c1-24(22,23)21-8-6-20(7-9-21)14-10-13(18-15(17)19-14)11-2-4-12(16)5-3-11/h2-5,10H,6-9H2,1H3. The second kappa shape index (κ2) is 6.84. The molecule has 2 aromatic rings. The van der Waals surface area contributed by atoms with Crippen molar-refractivity contribution in [2.24, 2.45) is 0 Å². The number of benzene rings is 1. The molecular weight excluding hydrogens is 371 g/mol. The summed E-state index contributed by atoms with van der Waals surface area (Å²) in [6.45, 7) is 1.97. The molecule has 1 fully saturated rings. The van der Waals surface area contributed by atoms with Gasteiger partial charge in [-0.25, -0.2) is 18.4 Å². The predicted molar refractivity (Wildman–Crippen MR) is 96.1 cm³/mol. The van der Waals surface area contributed by atoms with Crippen LogP contribution < -0.4 is 4.90 Å². The van der Waals surface area contributed by atoms with E-state index in [1.807, 2.05) is 23.1 Å². The van der Waals surface area contributed by atoms with Crippen LogP contribution in [-0.4, -0.2) is 55.1 Å². The number of nitrogens with zero attached hydrogens (tertiary/aromatic N) is 4. The molecule has 0 saturated carbocycles. The molecule has 0 aliphatic carbocycles. The minimum Gasteiger partial charge on any atom is -0.354 e. The van der Waals surface area contributed by atoms with Crippen molar-refractivity contribution >= 4 is 39.0 Å². The van der Waals surface area contributed by atoms with Crippen LogP contribution in [0.25, 0.3) is 11.3 Å². The van der Waals surface area contributed by atoms with Crippen molar-refractivity contribution < 1.29 is 8.42 Å². The van der Waals surface area contributed by atoms with Crippen LogP contribution in [-0.2, 0) is 10.0 Å². The number of hydrogen-bond donors (Lipinski definition) is 0. The number of halogens is 2. The van der Waals surface area contributed by atoms with Crippen LogP contribution in [0.15, 0.2) is 30.3 Å². The van der Waals surface area contributed by atoms with Crippen LogP contribution >= 0.6 is 23.2 Å². The summed E-state index contributed by atoms with van der Waals surface area (Å²) in [4.78, 5) is 10.5. The van der Waals surface area contributed by atoms with Gasteiger partial charge in [-0.05, 0) is 23.7 Å². The van der Waals surface area contributed by atoms with E-state index in [-0.39, 0.29) is 5.28 Å². The van der Waals surface area contributed by atoms with Crippen molar-refractivity contribution in [2.75, 3.05) is 37.3 Å². The van der Waals surface area contributed by atoms with E-state index in [0.29, 0.717) is 42.7 Å². The summed E-state index contributed by atoms with van der Waals surface area (Å²) in [5, 5.41) is 0.805. The van der Waals surface area contributed by atoms with Crippen LogP contribution in [0.2, 0.25) is 10.3 Å². The molecule has 0 amide bonds. The smallest absolute Gasteiger partial charge is 0.224 e. The fourth-order valence-corrected chi connectivity index (χ4v) is 3.72. The van der Waals surface area contributed by atoms with Crippen molar-refractivity contribution in [3.05, 3.63) is 40.6 Å². The highest BCUT2D eigenvalue weighted by molar-refractivity contribution is 7.88. The van der Waals surface area contributed by atoms with E-state index in [4.69, 9.17) is 23.2 Å². The molecule has 24 heavy (non-hydrogen) atoms. The highest BCUT2D eigenvalue weighted by Crippen LogP contribution is 2.25. The van der Waals surface area contributed by atoms with Crippen molar-refractivity contribution in [2.45, 2.75) is 0 Å². The lowest BCUT2D eigenvalue weighted by atomic mass is 10.1. The number of sulfonamides is 1. The molecule has 1 aliphatic heterocycles. The Morgan fingerprint density at radius 1 is 1.00 bits per heavy atom. The maximum Gasteiger partial charge on any atom is 0.224 e. The Balaban J connectivity index is 1.83. The van der Waals surface area contributed by atoms with E-state index in [2.05, 4.69) is 9.97 Å². The summed E-state index contributed by atoms with van der Waals surface area (Å²) in [6, 6.07) is 9.17. The molecule has 6 nitrogen and oxygen atoms in total. The van der Waals surface area contributed by atoms with E-state index in [1.54, 1.807) is 12.1 Å². The molecule has 0 radical (unpaired) electrons. The van der Waals surface area contributed by atoms with Crippen molar-refractivity contribution in [3.63, 3.8) is 0 Å². The van der Waals surface area contributed by atoms with Gasteiger partial charge in [-0.15, -0.1) is 0 Å². The topological polar surface area (TPSA) is 66.4 Å². The van der Waals surface area contributed by atoms with E-state index in [1.165, 1.54) is 10.6 Å². The van der Waals surface area contributed by atoms with Crippen LogP contribution in [0.5, 0.6) is 0 Å². The fraction of sp³-hybridized carbons (Fsp3) is 0.333. The lowest BCUT2D eigenvalue weighted by Crippen LogP contribution is -2.48. The molecule has 0 atom stereocenters. The minimum absolute atomic E-state index is 0.156. The molecule has 0 spiro atoms. The summed E-state index contributed by atoms with van der Waals surface area (Å²) in [6.07, 6.45) is 1.23. The Morgan fingerprint density at radius 3 is 2.21 bits per heavy atom. The Kier molecular flexibility index (Phi) is 4.96. The van der Waals surface area contributed by atoms with Crippen LogP contribution in [0.3, 0.4) is 0 Å². The van der Waals surface area contributed by atoms with Gasteiger partial charge in [0.15, 0.2) is 0 Å². The monoisotopic (exact) mass is 386 g/mol. The van der Waals surface area contributed by atoms with Crippen LogP contribution in [0, 0.1) is 0 Å². The summed E-state index contributed by atoms with van der Waals surface area (Å²) in [5.41, 5.74) is 1.59. The third-order valence-corrected chi connectivity index (χ3v) is 5.58. The summed E-state index contributed by atoms with van der Waals surface area (Å²) < 4.78 is 24.7. The molecule has 1 aromatic heterocycles.